The highest BCUT2D eigenvalue weighted by Crippen LogP contribution is 2.56. The van der Waals surface area contributed by atoms with Crippen LogP contribution in [-0.4, -0.2) is 61.5 Å². The maximum absolute atomic E-state index is 13.6. The van der Waals surface area contributed by atoms with E-state index >= 15 is 0 Å². The molecule has 1 amide bonds. The van der Waals surface area contributed by atoms with Gasteiger partial charge in [0.1, 0.15) is 17.2 Å². The zero-order chi connectivity index (χ0) is 27.1. The predicted octanol–water partition coefficient (Wildman–Crippen LogP) is 0.621. The lowest BCUT2D eigenvalue weighted by atomic mass is 9.59. The number of benzene rings is 2. The number of nitrogens with two attached hydrogens (primary N) is 1. The molecule has 4 rings (SSSR count). The van der Waals surface area contributed by atoms with Crippen LogP contribution >= 0.6 is 0 Å². The first-order valence-corrected chi connectivity index (χ1v) is 11.2. The van der Waals surface area contributed by atoms with Crippen LogP contribution in [0.15, 0.2) is 6.07 Å². The van der Waals surface area contributed by atoms with Gasteiger partial charge in [-0.05, 0) is 17.0 Å². The fourth-order valence-electron chi connectivity index (χ4n) is 5.43. The summed E-state index contributed by atoms with van der Waals surface area (Å²) < 4.78 is 5.22. The molecule has 4 atom stereocenters. The monoisotopic (exact) mass is 501 g/mol. The number of rotatable bonds is 3. The van der Waals surface area contributed by atoms with E-state index in [0.29, 0.717) is 11.1 Å². The van der Waals surface area contributed by atoms with E-state index in [-0.39, 0.29) is 17.4 Å². The Bertz CT molecular complexity index is 1370. The number of aliphatic hydroxyl groups is 2. The molecule has 11 heteroatoms. The number of hydrogen-bond acceptors (Lipinski definition) is 10. The Morgan fingerprint density at radius 3 is 2.25 bits per heavy atom. The highest BCUT2D eigenvalue weighted by molar-refractivity contribution is 6.32. The van der Waals surface area contributed by atoms with Gasteiger partial charge in [-0.1, -0.05) is 20.8 Å². The number of ether oxygens (including phenoxy) is 1. The Hall–Kier alpha value is -3.54. The first-order chi connectivity index (χ1) is 16.6. The van der Waals surface area contributed by atoms with Crippen molar-refractivity contribution in [2.24, 2.45) is 17.6 Å². The average Bonchev–Trinajstić information content (AvgIpc) is 2.76. The summed E-state index contributed by atoms with van der Waals surface area (Å²) in [6, 6.07) is 1.56. The number of primary amides is 1. The second-order valence-electron chi connectivity index (χ2n) is 10.4. The quantitative estimate of drug-likeness (QED) is 0.255. The molecule has 0 aliphatic heterocycles. The Labute approximate surface area is 205 Å². The minimum Gasteiger partial charge on any atom is -0.507 e. The van der Waals surface area contributed by atoms with E-state index in [1.165, 1.54) is 7.11 Å². The smallest absolute Gasteiger partial charge is 0.235 e. The molecule has 11 nitrogen and oxygen atoms in total. The van der Waals surface area contributed by atoms with Gasteiger partial charge in [0.2, 0.25) is 11.7 Å². The van der Waals surface area contributed by atoms with Crippen molar-refractivity contribution in [1.82, 2.24) is 0 Å². The number of hydrogen-bond donors (Lipinski definition) is 6. The molecule has 2 aromatic rings. The van der Waals surface area contributed by atoms with Crippen molar-refractivity contribution >= 4 is 34.0 Å². The van der Waals surface area contributed by atoms with Crippen molar-refractivity contribution in [1.29, 1.82) is 0 Å². The number of fused-ring (bicyclic) bond motifs is 3. The van der Waals surface area contributed by atoms with Crippen molar-refractivity contribution in [3.05, 3.63) is 28.3 Å². The van der Waals surface area contributed by atoms with Crippen LogP contribution < -0.4 is 5.73 Å². The minimum absolute atomic E-state index is 0.0830. The summed E-state index contributed by atoms with van der Waals surface area (Å²) in [4.78, 5) is 50.9. The summed E-state index contributed by atoms with van der Waals surface area (Å²) in [6.45, 7) is 5.26. The number of carbonyl (C=O) groups is 4. The number of Topliss-reactive ketones (excluding diaryl/α,β-unsaturated/α-hetero) is 3. The fraction of sp³-hybridized carbons (Fsp3) is 0.440. The summed E-state index contributed by atoms with van der Waals surface area (Å²) in [6.07, 6.45) is -2.74. The molecule has 1 unspecified atom stereocenters. The summed E-state index contributed by atoms with van der Waals surface area (Å²) in [5, 5.41) is 55.6. The van der Waals surface area contributed by atoms with Gasteiger partial charge in [0.15, 0.2) is 23.1 Å². The topological polar surface area (TPSA) is 205 Å². The standard InChI is InChI=1S/C25H27NO10/c1-24(2,3)9-5-8(7-36-4)12-14(17(9)28)20(31)16-15(19(12)30)18(29)10-6-11(27)13(23(26)34)21(32)25(10,35)22(16)33/h5,10,13,18,28-31,35H,6-7H2,1-4H3,(H2,26,34)/t10-,13?,18-,25-/m1/s1. The van der Waals surface area contributed by atoms with Crippen molar-refractivity contribution in [3.8, 4) is 17.2 Å². The highest BCUT2D eigenvalue weighted by atomic mass is 16.5. The predicted molar refractivity (Wildman–Crippen MR) is 123 cm³/mol. The van der Waals surface area contributed by atoms with Crippen LogP contribution in [0.1, 0.15) is 60.3 Å². The average molecular weight is 501 g/mol. The van der Waals surface area contributed by atoms with Gasteiger partial charge in [0.25, 0.3) is 0 Å². The molecule has 0 bridgehead atoms. The van der Waals surface area contributed by atoms with Gasteiger partial charge in [-0.25, -0.2) is 0 Å². The maximum atomic E-state index is 13.6. The summed E-state index contributed by atoms with van der Waals surface area (Å²) in [5.74, 6) is -11.2. The molecule has 2 aliphatic carbocycles. The Morgan fingerprint density at radius 1 is 1.11 bits per heavy atom. The zero-order valence-corrected chi connectivity index (χ0v) is 20.1. The van der Waals surface area contributed by atoms with Crippen molar-refractivity contribution in [3.63, 3.8) is 0 Å². The molecular formula is C25H27NO10. The Morgan fingerprint density at radius 2 is 1.72 bits per heavy atom. The van der Waals surface area contributed by atoms with Gasteiger partial charge in [-0.15, -0.1) is 0 Å². The Kier molecular flexibility index (Phi) is 5.67. The van der Waals surface area contributed by atoms with E-state index in [9.17, 15) is 44.7 Å². The van der Waals surface area contributed by atoms with Gasteiger partial charge in [0.05, 0.1) is 23.7 Å². The second-order valence-corrected chi connectivity index (χ2v) is 10.4. The summed E-state index contributed by atoms with van der Waals surface area (Å²) >= 11 is 0. The maximum Gasteiger partial charge on any atom is 0.235 e. The molecule has 2 aromatic carbocycles. The van der Waals surface area contributed by atoms with E-state index in [1.807, 2.05) is 0 Å². The molecule has 36 heavy (non-hydrogen) atoms. The zero-order valence-electron chi connectivity index (χ0n) is 20.1. The van der Waals surface area contributed by atoms with E-state index < -0.39 is 87.0 Å². The molecule has 0 spiro atoms. The number of methoxy groups -OCH3 is 1. The SMILES string of the molecule is COCc1cc(C(C)(C)C)c(O)c2c(O)c3c(c(O)c12)[C@H](O)[C@H]1CC(=O)C(C(N)=O)C(=O)[C@@]1(O)C3=O. The number of amides is 1. The number of carbonyl (C=O) groups excluding carboxylic acids is 4. The van der Waals surface area contributed by atoms with E-state index in [1.54, 1.807) is 26.8 Å². The first kappa shape index (κ1) is 25.5. The normalized spacial score (nSPS) is 26.2. The van der Waals surface area contributed by atoms with Crippen LogP contribution in [0.4, 0.5) is 0 Å². The third-order valence-electron chi connectivity index (χ3n) is 7.18. The van der Waals surface area contributed by atoms with Crippen molar-refractivity contribution in [2.45, 2.75) is 50.9 Å². The molecule has 0 radical (unpaired) electrons. The molecule has 0 heterocycles. The lowest BCUT2D eigenvalue weighted by molar-refractivity contribution is -0.163. The van der Waals surface area contributed by atoms with Crippen LogP contribution in [-0.2, 0) is 31.1 Å². The van der Waals surface area contributed by atoms with Gasteiger partial charge in [-0.2, -0.15) is 0 Å². The number of aliphatic hydroxyl groups excluding tert-OH is 1. The lowest BCUT2D eigenvalue weighted by Crippen LogP contribution is -2.65. The van der Waals surface area contributed by atoms with Gasteiger partial charge in [0, 0.05) is 36.0 Å². The van der Waals surface area contributed by atoms with Crippen LogP contribution in [0.2, 0.25) is 0 Å². The number of phenolic OH excluding ortho intramolecular Hbond substituents is 3. The van der Waals surface area contributed by atoms with Crippen LogP contribution in [0.25, 0.3) is 10.8 Å². The highest BCUT2D eigenvalue weighted by Gasteiger charge is 2.65. The third-order valence-corrected chi connectivity index (χ3v) is 7.18. The summed E-state index contributed by atoms with van der Waals surface area (Å²) in [7, 11) is 1.39. The molecule has 0 aromatic heterocycles. The van der Waals surface area contributed by atoms with E-state index in [0.717, 1.165) is 0 Å². The Balaban J connectivity index is 2.14. The molecule has 0 saturated heterocycles. The number of ketones is 3. The van der Waals surface area contributed by atoms with Crippen LogP contribution in [0.5, 0.6) is 17.2 Å². The summed E-state index contributed by atoms with van der Waals surface area (Å²) in [5.41, 5.74) is 0.743. The van der Waals surface area contributed by atoms with Gasteiger partial charge < -0.3 is 36.0 Å². The molecule has 1 saturated carbocycles. The number of aromatic hydroxyl groups is 3. The van der Waals surface area contributed by atoms with Crippen LogP contribution in [0, 0.1) is 11.8 Å². The minimum atomic E-state index is -3.08. The molecule has 7 N–H and O–H groups in total. The third kappa shape index (κ3) is 3.16. The van der Waals surface area contributed by atoms with Crippen molar-refractivity contribution in [2.75, 3.05) is 7.11 Å². The second kappa shape index (κ2) is 7.99. The van der Waals surface area contributed by atoms with Crippen LogP contribution in [0.3, 0.4) is 0 Å². The molecule has 192 valence electrons. The van der Waals surface area contributed by atoms with Gasteiger partial charge >= 0.3 is 0 Å². The molecular weight excluding hydrogens is 474 g/mol. The fourth-order valence-corrected chi connectivity index (χ4v) is 5.43. The molecule has 2 aliphatic rings. The number of phenols is 3. The largest absolute Gasteiger partial charge is 0.507 e. The van der Waals surface area contributed by atoms with Gasteiger partial charge in [-0.3, -0.25) is 19.2 Å². The van der Waals surface area contributed by atoms with E-state index in [2.05, 4.69) is 0 Å². The van der Waals surface area contributed by atoms with Crippen molar-refractivity contribution < 1.29 is 49.4 Å². The lowest BCUT2D eigenvalue weighted by Gasteiger charge is -2.45. The first-order valence-electron chi connectivity index (χ1n) is 11.2. The van der Waals surface area contributed by atoms with E-state index in [4.69, 9.17) is 10.5 Å². The molecule has 1 fully saturated rings.